The summed E-state index contributed by atoms with van der Waals surface area (Å²) in [5.41, 5.74) is 4.78. The van der Waals surface area contributed by atoms with Crippen LogP contribution in [0.4, 0.5) is 21.6 Å². The van der Waals surface area contributed by atoms with E-state index in [0.717, 1.165) is 16.9 Å². The molecule has 0 saturated carbocycles. The fraction of sp³-hybridized carbons (Fsp3) is 0.115. The summed E-state index contributed by atoms with van der Waals surface area (Å²) >= 11 is 0. The second-order valence-electron chi connectivity index (χ2n) is 7.74. The van der Waals surface area contributed by atoms with Crippen LogP contribution in [0.1, 0.15) is 35.7 Å². The molecular formula is C26H23FN4O. The minimum Gasteiger partial charge on any atom is -0.339 e. The summed E-state index contributed by atoms with van der Waals surface area (Å²) in [6.45, 7) is 4.27. The first-order valence-electron chi connectivity index (χ1n) is 10.4. The molecule has 160 valence electrons. The van der Waals surface area contributed by atoms with E-state index in [0.29, 0.717) is 23.0 Å². The van der Waals surface area contributed by atoms with E-state index >= 15 is 0 Å². The Balaban J connectivity index is 1.38. The van der Waals surface area contributed by atoms with Crippen LogP contribution in [0.15, 0.2) is 84.9 Å². The fourth-order valence-corrected chi connectivity index (χ4v) is 3.18. The maximum Gasteiger partial charge on any atom is 0.255 e. The minimum absolute atomic E-state index is 0.169. The van der Waals surface area contributed by atoms with Crippen molar-refractivity contribution < 1.29 is 9.18 Å². The molecule has 3 aromatic carbocycles. The Morgan fingerprint density at radius 2 is 1.44 bits per heavy atom. The number of carbonyl (C=O) groups excluding carboxylic acids is 1. The molecule has 4 rings (SSSR count). The summed E-state index contributed by atoms with van der Waals surface area (Å²) in [6.07, 6.45) is 0. The van der Waals surface area contributed by atoms with E-state index in [4.69, 9.17) is 0 Å². The van der Waals surface area contributed by atoms with E-state index in [1.54, 1.807) is 30.3 Å². The van der Waals surface area contributed by atoms with Crippen LogP contribution in [0, 0.1) is 5.82 Å². The van der Waals surface area contributed by atoms with Gasteiger partial charge in [0.2, 0.25) is 0 Å². The monoisotopic (exact) mass is 426 g/mol. The highest BCUT2D eigenvalue weighted by atomic mass is 19.1. The highest BCUT2D eigenvalue weighted by molar-refractivity contribution is 6.04. The first-order valence-corrected chi connectivity index (χ1v) is 10.4. The van der Waals surface area contributed by atoms with Gasteiger partial charge in [0.15, 0.2) is 5.82 Å². The molecule has 0 aliphatic heterocycles. The molecule has 0 atom stereocenters. The molecule has 2 N–H and O–H groups in total. The van der Waals surface area contributed by atoms with Crippen LogP contribution in [-0.4, -0.2) is 16.1 Å². The van der Waals surface area contributed by atoms with E-state index in [1.165, 1.54) is 17.7 Å². The highest BCUT2D eigenvalue weighted by Gasteiger charge is 2.08. The SMILES string of the molecule is CC(C)c1ccc(NC(=O)c2ccc(Nc3ccc(-c4ccc(F)cc4)nn3)cc2)cc1. The predicted octanol–water partition coefficient (Wildman–Crippen LogP) is 6.40. The van der Waals surface area contributed by atoms with Crippen molar-refractivity contribution in [2.24, 2.45) is 0 Å². The van der Waals surface area contributed by atoms with Gasteiger partial charge in [-0.1, -0.05) is 26.0 Å². The van der Waals surface area contributed by atoms with Gasteiger partial charge in [0, 0.05) is 22.5 Å². The minimum atomic E-state index is -0.291. The van der Waals surface area contributed by atoms with E-state index in [2.05, 4.69) is 34.7 Å². The van der Waals surface area contributed by atoms with Gasteiger partial charge >= 0.3 is 0 Å². The third kappa shape index (κ3) is 5.16. The number of anilines is 3. The number of nitrogens with zero attached hydrogens (tertiary/aromatic N) is 2. The number of hydrogen-bond acceptors (Lipinski definition) is 4. The van der Waals surface area contributed by atoms with Crippen LogP contribution in [0.5, 0.6) is 0 Å². The van der Waals surface area contributed by atoms with Gasteiger partial charge in [-0.25, -0.2) is 4.39 Å². The lowest BCUT2D eigenvalue weighted by Crippen LogP contribution is -2.11. The van der Waals surface area contributed by atoms with Gasteiger partial charge in [-0.3, -0.25) is 4.79 Å². The van der Waals surface area contributed by atoms with E-state index < -0.39 is 0 Å². The molecule has 0 aliphatic rings. The highest BCUT2D eigenvalue weighted by Crippen LogP contribution is 2.21. The Morgan fingerprint density at radius 3 is 2.03 bits per heavy atom. The Kier molecular flexibility index (Phi) is 6.22. The van der Waals surface area contributed by atoms with Crippen molar-refractivity contribution in [2.75, 3.05) is 10.6 Å². The van der Waals surface area contributed by atoms with Gasteiger partial charge in [-0.05, 0) is 84.3 Å². The molecule has 0 aliphatic carbocycles. The summed E-state index contributed by atoms with van der Waals surface area (Å²) in [5, 5.41) is 14.4. The Hall–Kier alpha value is -4.06. The Bertz CT molecular complexity index is 1190. The Labute approximate surface area is 186 Å². The van der Waals surface area contributed by atoms with Crippen LogP contribution in [0.25, 0.3) is 11.3 Å². The molecule has 1 aromatic heterocycles. The van der Waals surface area contributed by atoms with Crippen LogP contribution < -0.4 is 10.6 Å². The van der Waals surface area contributed by atoms with Crippen LogP contribution >= 0.6 is 0 Å². The van der Waals surface area contributed by atoms with Gasteiger partial charge in [0.1, 0.15) is 5.82 Å². The second kappa shape index (κ2) is 9.39. The number of amides is 1. The topological polar surface area (TPSA) is 66.9 Å². The lowest BCUT2D eigenvalue weighted by molar-refractivity contribution is 0.102. The lowest BCUT2D eigenvalue weighted by Gasteiger charge is -2.09. The van der Waals surface area contributed by atoms with E-state index in [-0.39, 0.29) is 11.7 Å². The molecule has 0 fully saturated rings. The third-order valence-electron chi connectivity index (χ3n) is 5.06. The van der Waals surface area contributed by atoms with Gasteiger partial charge in [0.05, 0.1) is 5.69 Å². The number of hydrogen-bond donors (Lipinski definition) is 2. The van der Waals surface area contributed by atoms with Gasteiger partial charge in [-0.2, -0.15) is 0 Å². The molecule has 0 bridgehead atoms. The van der Waals surface area contributed by atoms with Crippen molar-refractivity contribution in [3.05, 3.63) is 102 Å². The number of rotatable bonds is 6. The quantitative estimate of drug-likeness (QED) is 0.374. The molecule has 1 heterocycles. The average Bonchev–Trinajstić information content (AvgIpc) is 2.81. The maximum absolute atomic E-state index is 13.1. The van der Waals surface area contributed by atoms with Crippen molar-refractivity contribution in [2.45, 2.75) is 19.8 Å². The molecule has 32 heavy (non-hydrogen) atoms. The van der Waals surface area contributed by atoms with Crippen molar-refractivity contribution >= 4 is 23.1 Å². The first kappa shape index (κ1) is 21.2. The number of benzene rings is 3. The van der Waals surface area contributed by atoms with E-state index in [1.807, 2.05) is 42.5 Å². The summed E-state index contributed by atoms with van der Waals surface area (Å²) in [7, 11) is 0. The van der Waals surface area contributed by atoms with Crippen molar-refractivity contribution in [3.8, 4) is 11.3 Å². The van der Waals surface area contributed by atoms with Crippen LogP contribution in [0.3, 0.4) is 0 Å². The van der Waals surface area contributed by atoms with Crippen molar-refractivity contribution in [1.29, 1.82) is 0 Å². The van der Waals surface area contributed by atoms with Gasteiger partial charge in [-0.15, -0.1) is 10.2 Å². The molecule has 0 saturated heterocycles. The third-order valence-corrected chi connectivity index (χ3v) is 5.06. The molecule has 4 aromatic rings. The zero-order valence-corrected chi connectivity index (χ0v) is 17.8. The summed E-state index contributed by atoms with van der Waals surface area (Å²) in [6, 6.07) is 24.7. The molecule has 6 heteroatoms. The molecule has 1 amide bonds. The summed E-state index contributed by atoms with van der Waals surface area (Å²) < 4.78 is 13.1. The average molecular weight is 426 g/mol. The fourth-order valence-electron chi connectivity index (χ4n) is 3.18. The summed E-state index contributed by atoms with van der Waals surface area (Å²) in [5.74, 6) is 0.556. The first-order chi connectivity index (χ1) is 15.5. The smallest absolute Gasteiger partial charge is 0.255 e. The molecule has 0 radical (unpaired) electrons. The molecule has 0 spiro atoms. The lowest BCUT2D eigenvalue weighted by atomic mass is 10.0. The van der Waals surface area contributed by atoms with Gasteiger partial charge in [0.25, 0.3) is 5.91 Å². The Morgan fingerprint density at radius 1 is 0.781 bits per heavy atom. The molecule has 0 unspecified atom stereocenters. The largest absolute Gasteiger partial charge is 0.339 e. The molecular weight excluding hydrogens is 403 g/mol. The van der Waals surface area contributed by atoms with Crippen LogP contribution in [0.2, 0.25) is 0 Å². The molecule has 5 nitrogen and oxygen atoms in total. The van der Waals surface area contributed by atoms with Gasteiger partial charge < -0.3 is 10.6 Å². The van der Waals surface area contributed by atoms with Crippen molar-refractivity contribution in [3.63, 3.8) is 0 Å². The van der Waals surface area contributed by atoms with E-state index in [9.17, 15) is 9.18 Å². The van der Waals surface area contributed by atoms with Crippen LogP contribution in [-0.2, 0) is 0 Å². The number of halogens is 1. The number of carbonyl (C=O) groups is 1. The number of aromatic nitrogens is 2. The number of nitrogens with one attached hydrogen (secondary N) is 2. The standard InChI is InChI=1S/C26H23FN4O/c1-17(2)18-5-11-23(12-6-18)29-26(32)20-7-13-22(14-8-20)28-25-16-15-24(30-31-25)19-3-9-21(27)10-4-19/h3-17H,1-2H3,(H,28,31)(H,29,32). The normalized spacial score (nSPS) is 10.8. The summed E-state index contributed by atoms with van der Waals surface area (Å²) in [4.78, 5) is 12.5. The van der Waals surface area contributed by atoms with Crippen molar-refractivity contribution in [1.82, 2.24) is 10.2 Å². The second-order valence-corrected chi connectivity index (χ2v) is 7.74. The zero-order chi connectivity index (χ0) is 22.5. The predicted molar refractivity (Wildman–Crippen MR) is 126 cm³/mol. The maximum atomic E-state index is 13.1. The zero-order valence-electron chi connectivity index (χ0n) is 17.8.